The number of fused-ring (bicyclic) bond motifs is 1. The van der Waals surface area contributed by atoms with E-state index in [9.17, 15) is 17.6 Å². The Balaban J connectivity index is 1.92. The van der Waals surface area contributed by atoms with E-state index in [1.165, 1.54) is 11.6 Å². The fourth-order valence-electron chi connectivity index (χ4n) is 2.91. The van der Waals surface area contributed by atoms with Crippen LogP contribution in [-0.4, -0.2) is 6.36 Å². The van der Waals surface area contributed by atoms with Crippen LogP contribution in [-0.2, 0) is 12.8 Å². The highest BCUT2D eigenvalue weighted by atomic mass is 19.4. The lowest BCUT2D eigenvalue weighted by Gasteiger charge is -2.19. The Morgan fingerprint density at radius 3 is 2.33 bits per heavy atom. The molecule has 24 heavy (non-hydrogen) atoms. The summed E-state index contributed by atoms with van der Waals surface area (Å²) in [5, 5.41) is 0. The smallest absolute Gasteiger partial charge is 0.403 e. The summed E-state index contributed by atoms with van der Waals surface area (Å²) in [6.45, 7) is 2.08. The lowest BCUT2D eigenvalue weighted by atomic mass is 9.88. The largest absolute Gasteiger partial charge is 0.573 e. The molecule has 0 aromatic heterocycles. The molecule has 0 bridgehead atoms. The van der Waals surface area contributed by atoms with Gasteiger partial charge in [-0.3, -0.25) is 0 Å². The van der Waals surface area contributed by atoms with Gasteiger partial charge in [0, 0.05) is 0 Å². The number of aryl methyl sites for hydroxylation is 1. The van der Waals surface area contributed by atoms with Crippen LogP contribution in [0.25, 0.3) is 11.6 Å². The molecule has 0 amide bonds. The summed E-state index contributed by atoms with van der Waals surface area (Å²) in [5.74, 6) is -1.70. The summed E-state index contributed by atoms with van der Waals surface area (Å²) in [5.41, 5.74) is 4.20. The van der Waals surface area contributed by atoms with Gasteiger partial charge in [0.1, 0.15) is 0 Å². The highest BCUT2D eigenvalue weighted by Gasteiger charge is 2.33. The lowest BCUT2D eigenvalue weighted by Crippen LogP contribution is -2.18. The molecule has 2 aromatic rings. The fraction of sp³-hybridized carbons (Fsp3) is 0.263. The Bertz CT molecular complexity index is 773. The van der Waals surface area contributed by atoms with Crippen molar-refractivity contribution in [3.05, 3.63) is 64.5 Å². The molecule has 0 saturated heterocycles. The average molecular weight is 336 g/mol. The summed E-state index contributed by atoms with van der Waals surface area (Å²) in [6.07, 6.45) is -1.19. The van der Waals surface area contributed by atoms with E-state index in [0.717, 1.165) is 23.6 Å². The van der Waals surface area contributed by atoms with Gasteiger partial charge in [-0.05, 0) is 53.2 Å². The van der Waals surface area contributed by atoms with Gasteiger partial charge in [-0.25, -0.2) is 4.39 Å². The second kappa shape index (κ2) is 6.30. The molecule has 0 radical (unpaired) electrons. The normalized spacial score (nSPS) is 14.1. The second-order valence-electron chi connectivity index (χ2n) is 5.71. The maximum Gasteiger partial charge on any atom is 0.573 e. The average Bonchev–Trinajstić information content (AvgIpc) is 2.56. The standard InChI is InChI=1S/C19H16F4O/c1-2-12-3-5-13(6-4-12)14-7-9-16-15(11-14)8-10-17(18(16)20)24-19(21,22)23/h3-6,8,10-11H,2,7,9H2,1H3. The highest BCUT2D eigenvalue weighted by Crippen LogP contribution is 2.36. The molecular weight excluding hydrogens is 320 g/mol. The minimum Gasteiger partial charge on any atom is -0.403 e. The molecule has 5 heteroatoms. The Kier molecular flexibility index (Phi) is 4.35. The first-order valence-corrected chi connectivity index (χ1v) is 7.74. The van der Waals surface area contributed by atoms with Crippen molar-refractivity contribution in [2.24, 2.45) is 0 Å². The van der Waals surface area contributed by atoms with E-state index in [4.69, 9.17) is 0 Å². The van der Waals surface area contributed by atoms with Gasteiger partial charge in [-0.2, -0.15) is 0 Å². The Hall–Kier alpha value is -2.30. The van der Waals surface area contributed by atoms with Crippen LogP contribution in [0.4, 0.5) is 17.6 Å². The van der Waals surface area contributed by atoms with Crippen LogP contribution in [0.2, 0.25) is 0 Å². The molecule has 1 nitrogen and oxygen atoms in total. The van der Waals surface area contributed by atoms with Gasteiger partial charge in [0.25, 0.3) is 0 Å². The first-order chi connectivity index (χ1) is 11.4. The molecule has 1 aliphatic carbocycles. The van der Waals surface area contributed by atoms with Gasteiger partial charge in [-0.1, -0.05) is 43.3 Å². The number of benzene rings is 2. The molecule has 0 N–H and O–H groups in total. The number of ether oxygens (including phenoxy) is 1. The lowest BCUT2D eigenvalue weighted by molar-refractivity contribution is -0.275. The third kappa shape index (κ3) is 3.45. The minimum absolute atomic E-state index is 0.269. The highest BCUT2D eigenvalue weighted by molar-refractivity contribution is 5.84. The number of hydrogen-bond donors (Lipinski definition) is 0. The third-order valence-corrected chi connectivity index (χ3v) is 4.18. The Morgan fingerprint density at radius 1 is 1.00 bits per heavy atom. The number of halogens is 4. The van der Waals surface area contributed by atoms with E-state index in [2.05, 4.69) is 11.7 Å². The Labute approximate surface area is 137 Å². The van der Waals surface area contributed by atoms with Crippen molar-refractivity contribution in [2.75, 3.05) is 0 Å². The van der Waals surface area contributed by atoms with E-state index in [-0.39, 0.29) is 5.56 Å². The van der Waals surface area contributed by atoms with Crippen molar-refractivity contribution in [3.63, 3.8) is 0 Å². The fourth-order valence-corrected chi connectivity index (χ4v) is 2.91. The van der Waals surface area contributed by atoms with Gasteiger partial charge < -0.3 is 4.74 Å². The summed E-state index contributed by atoms with van der Waals surface area (Å²) in [7, 11) is 0. The molecule has 126 valence electrons. The summed E-state index contributed by atoms with van der Waals surface area (Å²) in [4.78, 5) is 0. The van der Waals surface area contributed by atoms with E-state index >= 15 is 0 Å². The molecule has 2 aromatic carbocycles. The van der Waals surface area contributed by atoms with Crippen LogP contribution in [0.15, 0.2) is 36.4 Å². The molecule has 3 rings (SSSR count). The Morgan fingerprint density at radius 2 is 1.71 bits per heavy atom. The topological polar surface area (TPSA) is 9.23 Å². The second-order valence-corrected chi connectivity index (χ2v) is 5.71. The first kappa shape index (κ1) is 16.6. The molecular formula is C19H16F4O. The zero-order chi connectivity index (χ0) is 17.3. The predicted molar refractivity (Wildman–Crippen MR) is 85.1 cm³/mol. The van der Waals surface area contributed by atoms with Crippen molar-refractivity contribution in [3.8, 4) is 5.75 Å². The molecule has 0 spiro atoms. The van der Waals surface area contributed by atoms with Crippen LogP contribution < -0.4 is 4.74 Å². The van der Waals surface area contributed by atoms with Crippen molar-refractivity contribution < 1.29 is 22.3 Å². The number of alkyl halides is 3. The van der Waals surface area contributed by atoms with E-state index in [0.29, 0.717) is 18.4 Å². The summed E-state index contributed by atoms with van der Waals surface area (Å²) >= 11 is 0. The van der Waals surface area contributed by atoms with Gasteiger partial charge in [0.05, 0.1) is 0 Å². The van der Waals surface area contributed by atoms with Crippen molar-refractivity contribution in [1.29, 1.82) is 0 Å². The zero-order valence-corrected chi connectivity index (χ0v) is 13.1. The summed E-state index contributed by atoms with van der Waals surface area (Å²) in [6, 6.07) is 10.6. The molecule has 0 atom stereocenters. The molecule has 0 saturated carbocycles. The quantitative estimate of drug-likeness (QED) is 0.646. The van der Waals surface area contributed by atoms with Gasteiger partial charge >= 0.3 is 6.36 Å². The maximum absolute atomic E-state index is 14.3. The SMILES string of the molecule is CCc1ccc(C2=Cc3ccc(OC(F)(F)F)c(F)c3CC2)cc1. The van der Waals surface area contributed by atoms with Crippen molar-refractivity contribution >= 4 is 11.6 Å². The molecule has 0 unspecified atom stereocenters. The monoisotopic (exact) mass is 336 g/mol. The van der Waals surface area contributed by atoms with Crippen LogP contribution in [0.1, 0.15) is 35.6 Å². The van der Waals surface area contributed by atoms with Crippen LogP contribution in [0.3, 0.4) is 0 Å². The first-order valence-electron chi connectivity index (χ1n) is 7.74. The van der Waals surface area contributed by atoms with Crippen LogP contribution in [0, 0.1) is 5.82 Å². The van der Waals surface area contributed by atoms with Crippen LogP contribution in [0.5, 0.6) is 5.75 Å². The minimum atomic E-state index is -4.90. The zero-order valence-electron chi connectivity index (χ0n) is 13.1. The van der Waals surface area contributed by atoms with Crippen molar-refractivity contribution in [2.45, 2.75) is 32.5 Å². The van der Waals surface area contributed by atoms with Crippen LogP contribution >= 0.6 is 0 Å². The number of rotatable bonds is 3. The maximum atomic E-state index is 14.3. The van der Waals surface area contributed by atoms with Gasteiger partial charge in [0.2, 0.25) is 0 Å². The van der Waals surface area contributed by atoms with Gasteiger partial charge in [0.15, 0.2) is 11.6 Å². The number of allylic oxidation sites excluding steroid dienone is 1. The van der Waals surface area contributed by atoms with Gasteiger partial charge in [-0.15, -0.1) is 13.2 Å². The molecule has 0 aliphatic heterocycles. The van der Waals surface area contributed by atoms with E-state index in [1.54, 1.807) is 0 Å². The van der Waals surface area contributed by atoms with Crippen molar-refractivity contribution in [1.82, 2.24) is 0 Å². The molecule has 0 fully saturated rings. The third-order valence-electron chi connectivity index (χ3n) is 4.18. The summed E-state index contributed by atoms with van der Waals surface area (Å²) < 4.78 is 54.9. The predicted octanol–water partition coefficient (Wildman–Crippen LogP) is 5.77. The molecule has 1 aliphatic rings. The number of hydrogen-bond acceptors (Lipinski definition) is 1. The van der Waals surface area contributed by atoms with E-state index < -0.39 is 17.9 Å². The molecule has 0 heterocycles. The van der Waals surface area contributed by atoms with E-state index in [1.807, 2.05) is 30.3 Å².